The number of thioether (sulfide) groups is 1. The maximum atomic E-state index is 11.3. The van der Waals surface area contributed by atoms with Crippen LogP contribution in [0.5, 0.6) is 0 Å². The summed E-state index contributed by atoms with van der Waals surface area (Å²) >= 11 is 2.06. The first-order chi connectivity index (χ1) is 11.5. The lowest BCUT2D eigenvalue weighted by Gasteiger charge is -2.31. The third-order valence-corrected chi connectivity index (χ3v) is 6.54. The molecule has 0 bridgehead atoms. The fraction of sp³-hybridized carbons (Fsp3) is 0.882. The number of guanidine groups is 1. The minimum absolute atomic E-state index is 0.0331. The summed E-state index contributed by atoms with van der Waals surface area (Å²) in [5, 5.41) is 6.85. The van der Waals surface area contributed by atoms with Gasteiger partial charge in [-0.25, -0.2) is 0 Å². The van der Waals surface area contributed by atoms with E-state index in [1.165, 1.54) is 18.6 Å². The van der Waals surface area contributed by atoms with Crippen molar-refractivity contribution in [2.75, 3.05) is 45.5 Å². The van der Waals surface area contributed by atoms with Crippen LogP contribution >= 0.6 is 11.8 Å². The molecule has 0 aromatic rings. The number of nitrogens with two attached hydrogens (primary N) is 1. The van der Waals surface area contributed by atoms with E-state index in [9.17, 15) is 4.79 Å². The van der Waals surface area contributed by atoms with E-state index in [1.54, 1.807) is 0 Å². The number of aliphatic imine (C=N–C) groups is 1. The van der Waals surface area contributed by atoms with Crippen LogP contribution in [0.4, 0.5) is 0 Å². The Kier molecular flexibility index (Phi) is 7.68. The van der Waals surface area contributed by atoms with Crippen LogP contribution in [0.1, 0.15) is 39.0 Å². The molecule has 0 spiro atoms. The first-order valence-electron chi connectivity index (χ1n) is 9.12. The molecule has 2 rings (SSSR count). The number of rotatable bonds is 7. The fourth-order valence-corrected chi connectivity index (χ4v) is 4.71. The first-order valence-corrected chi connectivity index (χ1v) is 10.1. The summed E-state index contributed by atoms with van der Waals surface area (Å²) < 4.78 is 0.342. The number of carbonyl (C=O) groups is 1. The summed E-state index contributed by atoms with van der Waals surface area (Å²) in [6.45, 7) is 7.08. The molecule has 2 aliphatic rings. The predicted octanol–water partition coefficient (Wildman–Crippen LogP) is 1.02. The summed E-state index contributed by atoms with van der Waals surface area (Å²) in [6, 6.07) is 0. The number of piperidine rings is 1. The van der Waals surface area contributed by atoms with Gasteiger partial charge in [0.15, 0.2) is 5.96 Å². The van der Waals surface area contributed by atoms with Gasteiger partial charge in [0.2, 0.25) is 5.91 Å². The molecule has 2 fully saturated rings. The number of amides is 1. The van der Waals surface area contributed by atoms with E-state index < -0.39 is 0 Å². The second-order valence-electron chi connectivity index (χ2n) is 7.15. The van der Waals surface area contributed by atoms with E-state index >= 15 is 0 Å². The van der Waals surface area contributed by atoms with Gasteiger partial charge in [0.1, 0.15) is 0 Å². The van der Waals surface area contributed by atoms with Crippen LogP contribution in [0.3, 0.4) is 0 Å². The van der Waals surface area contributed by atoms with E-state index in [0.29, 0.717) is 4.75 Å². The molecule has 6 nitrogen and oxygen atoms in total. The molecular formula is C17H33N5OS. The summed E-state index contributed by atoms with van der Waals surface area (Å²) in [5.74, 6) is 2.04. The van der Waals surface area contributed by atoms with Gasteiger partial charge in [-0.15, -0.1) is 0 Å². The van der Waals surface area contributed by atoms with E-state index in [4.69, 9.17) is 5.73 Å². The Hall–Kier alpha value is -0.950. The smallest absolute Gasteiger partial charge is 0.221 e. The molecule has 0 radical (unpaired) electrons. The molecule has 1 amide bonds. The lowest BCUT2D eigenvalue weighted by Crippen LogP contribution is -2.45. The molecule has 2 unspecified atom stereocenters. The van der Waals surface area contributed by atoms with Crippen LogP contribution in [-0.2, 0) is 4.79 Å². The number of hydrogen-bond acceptors (Lipinski definition) is 4. The van der Waals surface area contributed by atoms with Gasteiger partial charge < -0.3 is 21.3 Å². The second kappa shape index (κ2) is 9.51. The molecule has 2 aliphatic heterocycles. The molecule has 4 N–H and O–H groups in total. The zero-order valence-electron chi connectivity index (χ0n) is 15.1. The number of primary amides is 1. The molecule has 2 heterocycles. The Bertz CT molecular complexity index is 437. The van der Waals surface area contributed by atoms with Crippen molar-refractivity contribution < 1.29 is 4.79 Å². The highest BCUT2D eigenvalue weighted by Crippen LogP contribution is 2.36. The minimum Gasteiger partial charge on any atom is -0.369 e. The molecule has 0 aliphatic carbocycles. The zero-order chi connectivity index (χ0) is 17.4. The van der Waals surface area contributed by atoms with Crippen molar-refractivity contribution in [3.63, 3.8) is 0 Å². The Labute approximate surface area is 150 Å². The molecular weight excluding hydrogens is 322 g/mol. The van der Waals surface area contributed by atoms with Crippen LogP contribution in [0.2, 0.25) is 0 Å². The number of carbonyl (C=O) groups excluding carboxylic acids is 1. The van der Waals surface area contributed by atoms with E-state index in [0.717, 1.165) is 57.9 Å². The van der Waals surface area contributed by atoms with E-state index in [2.05, 4.69) is 39.2 Å². The van der Waals surface area contributed by atoms with Crippen molar-refractivity contribution in [2.45, 2.75) is 43.8 Å². The standard InChI is InChI=1S/C17H33N5OS/c1-17(7-4-11-24-17)13-21-16(19-2)20-8-5-10-22-9-3-6-14(12-22)15(18)23/h14H,3-13H2,1-2H3,(H2,18,23)(H2,19,20,21). The summed E-state index contributed by atoms with van der Waals surface area (Å²) in [5.41, 5.74) is 5.43. The van der Waals surface area contributed by atoms with Gasteiger partial charge >= 0.3 is 0 Å². The first kappa shape index (κ1) is 19.4. The maximum Gasteiger partial charge on any atom is 0.221 e. The largest absolute Gasteiger partial charge is 0.369 e. The van der Waals surface area contributed by atoms with Crippen LogP contribution in [0.25, 0.3) is 0 Å². The predicted molar refractivity (Wildman–Crippen MR) is 102 cm³/mol. The summed E-state index contributed by atoms with van der Waals surface area (Å²) in [4.78, 5) is 18.0. The molecule has 24 heavy (non-hydrogen) atoms. The second-order valence-corrected chi connectivity index (χ2v) is 8.83. The monoisotopic (exact) mass is 355 g/mol. The SMILES string of the molecule is CN=C(NCCCN1CCCC(C(N)=O)C1)NCC1(C)CCCS1. The summed E-state index contributed by atoms with van der Waals surface area (Å²) in [7, 11) is 1.82. The zero-order valence-corrected chi connectivity index (χ0v) is 16.0. The highest BCUT2D eigenvalue weighted by Gasteiger charge is 2.29. The average Bonchev–Trinajstić information content (AvgIpc) is 3.01. The normalized spacial score (nSPS) is 28.8. The number of nitrogens with zero attached hydrogens (tertiary/aromatic N) is 2. The van der Waals surface area contributed by atoms with E-state index in [1.807, 2.05) is 7.05 Å². The van der Waals surface area contributed by atoms with Gasteiger partial charge in [-0.05, 0) is 57.9 Å². The average molecular weight is 356 g/mol. The third-order valence-electron chi connectivity index (χ3n) is 5.01. The third kappa shape index (κ3) is 6.16. The fourth-order valence-electron chi connectivity index (χ4n) is 3.47. The quantitative estimate of drug-likeness (QED) is 0.361. The van der Waals surface area contributed by atoms with Gasteiger partial charge in [-0.2, -0.15) is 11.8 Å². The lowest BCUT2D eigenvalue weighted by molar-refractivity contribution is -0.123. The van der Waals surface area contributed by atoms with Crippen LogP contribution in [0, 0.1) is 5.92 Å². The molecule has 0 aromatic carbocycles. The van der Waals surface area contributed by atoms with Crippen molar-refractivity contribution in [1.82, 2.24) is 15.5 Å². The van der Waals surface area contributed by atoms with Crippen LogP contribution in [0.15, 0.2) is 4.99 Å². The molecule has 7 heteroatoms. The maximum absolute atomic E-state index is 11.3. The number of likely N-dealkylation sites (tertiary alicyclic amines) is 1. The Balaban J connectivity index is 1.61. The van der Waals surface area contributed by atoms with Crippen molar-refractivity contribution >= 4 is 23.6 Å². The number of hydrogen-bond donors (Lipinski definition) is 3. The summed E-state index contributed by atoms with van der Waals surface area (Å²) in [6.07, 6.45) is 5.64. The van der Waals surface area contributed by atoms with Gasteiger partial charge in [-0.1, -0.05) is 0 Å². The minimum atomic E-state index is -0.152. The van der Waals surface area contributed by atoms with Gasteiger partial charge in [-0.3, -0.25) is 9.79 Å². The molecule has 2 atom stereocenters. The molecule has 2 saturated heterocycles. The Morgan fingerprint density at radius 1 is 1.42 bits per heavy atom. The van der Waals surface area contributed by atoms with Crippen LogP contribution < -0.4 is 16.4 Å². The van der Waals surface area contributed by atoms with Crippen molar-refractivity contribution in [2.24, 2.45) is 16.6 Å². The van der Waals surface area contributed by atoms with Gasteiger partial charge in [0.25, 0.3) is 0 Å². The molecule has 0 saturated carbocycles. The van der Waals surface area contributed by atoms with Crippen molar-refractivity contribution in [3.05, 3.63) is 0 Å². The van der Waals surface area contributed by atoms with Crippen molar-refractivity contribution in [1.29, 1.82) is 0 Å². The number of nitrogens with one attached hydrogen (secondary N) is 2. The highest BCUT2D eigenvalue weighted by atomic mass is 32.2. The lowest BCUT2D eigenvalue weighted by atomic mass is 9.97. The van der Waals surface area contributed by atoms with Crippen molar-refractivity contribution in [3.8, 4) is 0 Å². The van der Waals surface area contributed by atoms with Gasteiger partial charge in [0.05, 0.1) is 5.92 Å². The topological polar surface area (TPSA) is 82.8 Å². The highest BCUT2D eigenvalue weighted by molar-refractivity contribution is 8.00. The Morgan fingerprint density at radius 3 is 2.92 bits per heavy atom. The molecule has 0 aromatic heterocycles. The van der Waals surface area contributed by atoms with Crippen LogP contribution in [-0.4, -0.2) is 67.0 Å². The van der Waals surface area contributed by atoms with Gasteiger partial charge in [0, 0.05) is 31.4 Å². The molecule has 138 valence electrons. The van der Waals surface area contributed by atoms with E-state index in [-0.39, 0.29) is 11.8 Å². The Morgan fingerprint density at radius 2 is 2.25 bits per heavy atom.